The Labute approximate surface area is 115 Å². The number of fused-ring (bicyclic) bond motifs is 1. The number of pyridine rings is 1. The standard InChI is InChI=1S/C16H23N3/c1-4-16(5-2,6-3)19-15-8-7-14(17)12-9-10-18-11-13(12)15/h7-11,19H,4-6,17H2,1-3H3. The van der Waals surface area contributed by atoms with Gasteiger partial charge in [0.1, 0.15) is 0 Å². The third kappa shape index (κ3) is 2.50. The van der Waals surface area contributed by atoms with Crippen molar-refractivity contribution in [3.63, 3.8) is 0 Å². The summed E-state index contributed by atoms with van der Waals surface area (Å²) in [4.78, 5) is 4.23. The Balaban J connectivity index is 2.49. The predicted octanol–water partition coefficient (Wildman–Crippen LogP) is 4.20. The Bertz CT molecular complexity index is 551. The molecule has 0 aliphatic carbocycles. The van der Waals surface area contributed by atoms with Crippen LogP contribution in [0.15, 0.2) is 30.6 Å². The molecule has 0 saturated heterocycles. The second-order valence-electron chi connectivity index (χ2n) is 5.09. The maximum absolute atomic E-state index is 6.03. The number of nitrogens with zero attached hydrogens (tertiary/aromatic N) is 1. The number of aromatic nitrogens is 1. The summed E-state index contributed by atoms with van der Waals surface area (Å²) in [5, 5.41) is 5.88. The van der Waals surface area contributed by atoms with Crippen molar-refractivity contribution >= 4 is 22.1 Å². The minimum atomic E-state index is 0.152. The lowest BCUT2D eigenvalue weighted by Gasteiger charge is -2.33. The fraction of sp³-hybridized carbons (Fsp3) is 0.438. The Morgan fingerprint density at radius 1 is 1.05 bits per heavy atom. The maximum atomic E-state index is 6.03. The molecule has 2 rings (SSSR count). The summed E-state index contributed by atoms with van der Waals surface area (Å²) >= 11 is 0. The fourth-order valence-corrected chi connectivity index (χ4v) is 2.62. The molecule has 2 aromatic rings. The van der Waals surface area contributed by atoms with Gasteiger partial charge < -0.3 is 11.1 Å². The van der Waals surface area contributed by atoms with Crippen molar-refractivity contribution < 1.29 is 0 Å². The van der Waals surface area contributed by atoms with Crippen LogP contribution in [0.5, 0.6) is 0 Å². The quantitative estimate of drug-likeness (QED) is 0.789. The minimum Gasteiger partial charge on any atom is -0.398 e. The number of anilines is 2. The molecular weight excluding hydrogens is 234 g/mol. The summed E-state index contributed by atoms with van der Waals surface area (Å²) in [6, 6.07) is 6.01. The number of benzene rings is 1. The summed E-state index contributed by atoms with van der Waals surface area (Å²) in [5.74, 6) is 0. The number of hydrogen-bond donors (Lipinski definition) is 2. The summed E-state index contributed by atoms with van der Waals surface area (Å²) in [6.07, 6.45) is 6.99. The van der Waals surface area contributed by atoms with Crippen LogP contribution in [-0.2, 0) is 0 Å². The van der Waals surface area contributed by atoms with E-state index in [9.17, 15) is 0 Å². The molecule has 0 amide bonds. The van der Waals surface area contributed by atoms with E-state index in [1.54, 1.807) is 6.20 Å². The minimum absolute atomic E-state index is 0.152. The van der Waals surface area contributed by atoms with Gasteiger partial charge in [0.25, 0.3) is 0 Å². The molecule has 3 N–H and O–H groups in total. The van der Waals surface area contributed by atoms with Crippen molar-refractivity contribution in [2.45, 2.75) is 45.6 Å². The normalized spacial score (nSPS) is 11.7. The topological polar surface area (TPSA) is 50.9 Å². The predicted molar refractivity (Wildman–Crippen MR) is 83.4 cm³/mol. The van der Waals surface area contributed by atoms with Crippen molar-refractivity contribution in [1.82, 2.24) is 4.98 Å². The van der Waals surface area contributed by atoms with E-state index in [1.165, 1.54) is 0 Å². The van der Waals surface area contributed by atoms with Crippen LogP contribution >= 0.6 is 0 Å². The van der Waals surface area contributed by atoms with Crippen LogP contribution in [0.4, 0.5) is 11.4 Å². The van der Waals surface area contributed by atoms with Crippen molar-refractivity contribution in [2.75, 3.05) is 11.1 Å². The second kappa shape index (κ2) is 5.47. The van der Waals surface area contributed by atoms with Crippen LogP contribution in [0.1, 0.15) is 40.0 Å². The number of nitrogens with two attached hydrogens (primary N) is 1. The molecule has 3 nitrogen and oxygen atoms in total. The molecule has 0 unspecified atom stereocenters. The van der Waals surface area contributed by atoms with E-state index in [1.807, 2.05) is 18.3 Å². The van der Waals surface area contributed by atoms with E-state index >= 15 is 0 Å². The largest absolute Gasteiger partial charge is 0.398 e. The van der Waals surface area contributed by atoms with Crippen LogP contribution in [0.3, 0.4) is 0 Å². The van der Waals surface area contributed by atoms with Crippen molar-refractivity contribution in [2.24, 2.45) is 0 Å². The molecule has 0 saturated carbocycles. The van der Waals surface area contributed by atoms with Gasteiger partial charge >= 0.3 is 0 Å². The van der Waals surface area contributed by atoms with Gasteiger partial charge in [0.2, 0.25) is 0 Å². The fourth-order valence-electron chi connectivity index (χ4n) is 2.62. The maximum Gasteiger partial charge on any atom is 0.0441 e. The zero-order chi connectivity index (χ0) is 13.9. The smallest absolute Gasteiger partial charge is 0.0441 e. The molecule has 0 fully saturated rings. The SMILES string of the molecule is CCC(CC)(CC)Nc1ccc(N)c2ccncc12. The summed E-state index contributed by atoms with van der Waals surface area (Å²) in [7, 11) is 0. The molecular formula is C16H23N3. The highest BCUT2D eigenvalue weighted by Gasteiger charge is 2.24. The lowest BCUT2D eigenvalue weighted by atomic mass is 9.89. The van der Waals surface area contributed by atoms with Crippen molar-refractivity contribution in [1.29, 1.82) is 0 Å². The molecule has 102 valence electrons. The Hall–Kier alpha value is -1.77. The van der Waals surface area contributed by atoms with Gasteiger partial charge in [0, 0.05) is 40.1 Å². The third-order valence-electron chi connectivity index (χ3n) is 4.28. The second-order valence-corrected chi connectivity index (χ2v) is 5.09. The van der Waals surface area contributed by atoms with Crippen molar-refractivity contribution in [3.8, 4) is 0 Å². The molecule has 1 aromatic heterocycles. The van der Waals surface area contributed by atoms with Gasteiger partial charge in [-0.05, 0) is 37.5 Å². The van der Waals surface area contributed by atoms with Crippen LogP contribution in [-0.4, -0.2) is 10.5 Å². The van der Waals surface area contributed by atoms with Crippen LogP contribution in [0.25, 0.3) is 10.8 Å². The van der Waals surface area contributed by atoms with Gasteiger partial charge in [-0.1, -0.05) is 20.8 Å². The molecule has 0 aliphatic heterocycles. The van der Waals surface area contributed by atoms with E-state index in [-0.39, 0.29) is 5.54 Å². The van der Waals surface area contributed by atoms with E-state index in [2.05, 4.69) is 37.1 Å². The van der Waals surface area contributed by atoms with Crippen LogP contribution < -0.4 is 11.1 Å². The highest BCUT2D eigenvalue weighted by Crippen LogP contribution is 2.32. The number of nitrogen functional groups attached to an aromatic ring is 1. The molecule has 0 aliphatic rings. The van der Waals surface area contributed by atoms with Gasteiger partial charge in [-0.2, -0.15) is 0 Å². The Morgan fingerprint density at radius 2 is 1.74 bits per heavy atom. The number of rotatable bonds is 5. The van der Waals surface area contributed by atoms with Gasteiger partial charge in [-0.15, -0.1) is 0 Å². The van der Waals surface area contributed by atoms with E-state index in [4.69, 9.17) is 5.73 Å². The first-order valence-corrected chi connectivity index (χ1v) is 7.06. The van der Waals surface area contributed by atoms with Crippen molar-refractivity contribution in [3.05, 3.63) is 30.6 Å². The number of nitrogens with one attached hydrogen (secondary N) is 1. The zero-order valence-corrected chi connectivity index (χ0v) is 12.0. The van der Waals surface area contributed by atoms with Gasteiger partial charge in [-0.3, -0.25) is 4.98 Å². The number of hydrogen-bond acceptors (Lipinski definition) is 3. The van der Waals surface area contributed by atoms with Gasteiger partial charge in [0.05, 0.1) is 0 Å². The molecule has 1 aromatic carbocycles. The monoisotopic (exact) mass is 257 g/mol. The first-order chi connectivity index (χ1) is 9.15. The van der Waals surface area contributed by atoms with E-state index in [0.29, 0.717) is 0 Å². The molecule has 0 atom stereocenters. The highest BCUT2D eigenvalue weighted by molar-refractivity contribution is 6.00. The molecule has 1 heterocycles. The molecule has 0 radical (unpaired) electrons. The summed E-state index contributed by atoms with van der Waals surface area (Å²) in [6.45, 7) is 6.70. The third-order valence-corrected chi connectivity index (χ3v) is 4.28. The lowest BCUT2D eigenvalue weighted by Crippen LogP contribution is -2.36. The zero-order valence-electron chi connectivity index (χ0n) is 12.0. The molecule has 3 heteroatoms. The van der Waals surface area contributed by atoms with Gasteiger partial charge in [-0.25, -0.2) is 0 Å². The van der Waals surface area contributed by atoms with E-state index in [0.717, 1.165) is 41.4 Å². The summed E-state index contributed by atoms with van der Waals surface area (Å²) < 4.78 is 0. The highest BCUT2D eigenvalue weighted by atomic mass is 15.0. The average molecular weight is 257 g/mol. The molecule has 0 spiro atoms. The molecule has 0 bridgehead atoms. The first-order valence-electron chi connectivity index (χ1n) is 7.06. The first kappa shape index (κ1) is 13.7. The van der Waals surface area contributed by atoms with Crippen LogP contribution in [0, 0.1) is 0 Å². The Morgan fingerprint density at radius 3 is 2.37 bits per heavy atom. The van der Waals surface area contributed by atoms with E-state index < -0.39 is 0 Å². The lowest BCUT2D eigenvalue weighted by molar-refractivity contribution is 0.421. The van der Waals surface area contributed by atoms with Gasteiger partial charge in [0.15, 0.2) is 0 Å². The van der Waals surface area contributed by atoms with Crippen LogP contribution in [0.2, 0.25) is 0 Å². The summed E-state index contributed by atoms with van der Waals surface area (Å²) in [5.41, 5.74) is 8.11. The molecule has 19 heavy (non-hydrogen) atoms. The Kier molecular flexibility index (Phi) is 3.93. The average Bonchev–Trinajstić information content (AvgIpc) is 2.48.